The summed E-state index contributed by atoms with van der Waals surface area (Å²) < 4.78 is 0. The molecule has 0 unspecified atom stereocenters. The number of aromatic amines is 1. The number of H-pyrrole nitrogens is 1. The number of aliphatic hydroxyl groups excluding tert-OH is 1. The minimum absolute atomic E-state index is 0.141. The molecule has 3 aromatic rings. The summed E-state index contributed by atoms with van der Waals surface area (Å²) in [7, 11) is 0. The first-order valence-electron chi connectivity index (χ1n) is 8.44. The summed E-state index contributed by atoms with van der Waals surface area (Å²) in [5.74, 6) is -0.937. The van der Waals surface area contributed by atoms with Gasteiger partial charge in [-0.05, 0) is 48.7 Å². The number of fused-ring (bicyclic) bond motifs is 1. The van der Waals surface area contributed by atoms with Crippen LogP contribution in [0.4, 0.5) is 0 Å². The van der Waals surface area contributed by atoms with Crippen LogP contribution < -0.4 is 5.32 Å². The first kappa shape index (κ1) is 18.5. The van der Waals surface area contributed by atoms with E-state index in [1.54, 1.807) is 24.3 Å². The van der Waals surface area contributed by atoms with Crippen molar-refractivity contribution in [3.05, 3.63) is 70.4 Å². The fourth-order valence-electron chi connectivity index (χ4n) is 3.03. The number of aromatic carboxylic acids is 1. The van der Waals surface area contributed by atoms with E-state index < -0.39 is 12.1 Å². The summed E-state index contributed by atoms with van der Waals surface area (Å²) >= 11 is 5.96. The molecule has 3 rings (SSSR count). The Kier molecular flexibility index (Phi) is 5.61. The fourth-order valence-corrected chi connectivity index (χ4v) is 3.23. The molecule has 0 amide bonds. The summed E-state index contributed by atoms with van der Waals surface area (Å²) in [6.07, 6.45) is 2.04. The van der Waals surface area contributed by atoms with Crippen molar-refractivity contribution in [1.82, 2.24) is 10.3 Å². The Morgan fingerprint density at radius 3 is 2.81 bits per heavy atom. The van der Waals surface area contributed by atoms with E-state index in [4.69, 9.17) is 16.7 Å². The molecule has 6 heteroatoms. The molecular formula is C20H21ClN2O3. The Morgan fingerprint density at radius 1 is 1.27 bits per heavy atom. The van der Waals surface area contributed by atoms with Crippen LogP contribution in [-0.2, 0) is 6.42 Å². The fraction of sp³-hybridized carbons (Fsp3) is 0.250. The molecule has 0 fully saturated rings. The highest BCUT2D eigenvalue weighted by atomic mass is 35.5. The van der Waals surface area contributed by atoms with Crippen LogP contribution in [0.3, 0.4) is 0 Å². The smallest absolute Gasteiger partial charge is 0.335 e. The molecule has 0 radical (unpaired) electrons. The van der Waals surface area contributed by atoms with E-state index in [1.807, 2.05) is 24.4 Å². The minimum Gasteiger partial charge on any atom is -0.478 e. The van der Waals surface area contributed by atoms with Crippen LogP contribution in [0, 0.1) is 0 Å². The lowest BCUT2D eigenvalue weighted by atomic mass is 10.0. The van der Waals surface area contributed by atoms with Crippen molar-refractivity contribution in [2.75, 3.05) is 6.54 Å². The summed E-state index contributed by atoms with van der Waals surface area (Å²) in [6.45, 7) is 2.47. The zero-order valence-corrected chi connectivity index (χ0v) is 15.1. The molecule has 26 heavy (non-hydrogen) atoms. The number of benzene rings is 2. The number of hydrogen-bond acceptors (Lipinski definition) is 3. The van der Waals surface area contributed by atoms with Gasteiger partial charge in [-0.1, -0.05) is 29.8 Å². The van der Waals surface area contributed by atoms with Crippen molar-refractivity contribution in [3.63, 3.8) is 0 Å². The van der Waals surface area contributed by atoms with Crippen molar-refractivity contribution in [3.8, 4) is 0 Å². The van der Waals surface area contributed by atoms with Crippen LogP contribution in [0.2, 0.25) is 5.02 Å². The van der Waals surface area contributed by atoms with Gasteiger partial charge >= 0.3 is 5.97 Å². The molecule has 136 valence electrons. The summed E-state index contributed by atoms with van der Waals surface area (Å²) in [4.78, 5) is 14.2. The maximum absolute atomic E-state index is 11.1. The van der Waals surface area contributed by atoms with E-state index in [0.29, 0.717) is 11.6 Å². The second-order valence-electron chi connectivity index (χ2n) is 6.46. The molecule has 0 spiro atoms. The van der Waals surface area contributed by atoms with Gasteiger partial charge in [0, 0.05) is 34.7 Å². The zero-order valence-electron chi connectivity index (χ0n) is 14.4. The van der Waals surface area contributed by atoms with Gasteiger partial charge in [0.25, 0.3) is 0 Å². The molecule has 0 aliphatic rings. The lowest BCUT2D eigenvalue weighted by Crippen LogP contribution is -2.32. The predicted octanol–water partition coefficient (Wildman–Crippen LogP) is 3.77. The van der Waals surface area contributed by atoms with Gasteiger partial charge in [-0.25, -0.2) is 4.79 Å². The first-order valence-corrected chi connectivity index (χ1v) is 8.82. The van der Waals surface area contributed by atoms with Crippen LogP contribution in [0.25, 0.3) is 10.9 Å². The standard InChI is InChI=1S/C20H21ClN2O3/c1-12(22-11-19(24)13-3-2-4-16(21)8-13)7-15-10-23-18-9-14(20(25)26)5-6-17(15)18/h2-6,8-10,12,19,22-24H,7,11H2,1H3,(H,25,26)/t12-,19+/m1/s1. The van der Waals surface area contributed by atoms with Crippen molar-refractivity contribution < 1.29 is 15.0 Å². The van der Waals surface area contributed by atoms with Crippen LogP contribution in [-0.4, -0.2) is 33.8 Å². The van der Waals surface area contributed by atoms with Crippen LogP contribution in [0.1, 0.15) is 34.5 Å². The molecule has 0 aliphatic carbocycles. The van der Waals surface area contributed by atoms with Crippen molar-refractivity contribution >= 4 is 28.5 Å². The first-order chi connectivity index (χ1) is 12.4. The Balaban J connectivity index is 1.62. The van der Waals surface area contributed by atoms with E-state index in [1.165, 1.54) is 0 Å². The lowest BCUT2D eigenvalue weighted by molar-refractivity contribution is 0.0697. The van der Waals surface area contributed by atoms with E-state index in [-0.39, 0.29) is 11.6 Å². The summed E-state index contributed by atoms with van der Waals surface area (Å²) in [6, 6.07) is 12.4. The highest BCUT2D eigenvalue weighted by molar-refractivity contribution is 6.30. The van der Waals surface area contributed by atoms with E-state index in [9.17, 15) is 9.90 Å². The number of carbonyl (C=O) groups is 1. The molecule has 1 aromatic heterocycles. The number of carboxylic acid groups (broad SMARTS) is 1. The van der Waals surface area contributed by atoms with Crippen molar-refractivity contribution in [1.29, 1.82) is 0 Å². The van der Waals surface area contributed by atoms with Crippen molar-refractivity contribution in [2.24, 2.45) is 0 Å². The monoisotopic (exact) mass is 372 g/mol. The van der Waals surface area contributed by atoms with E-state index in [0.717, 1.165) is 28.5 Å². The van der Waals surface area contributed by atoms with Crippen molar-refractivity contribution in [2.45, 2.75) is 25.5 Å². The van der Waals surface area contributed by atoms with Gasteiger partial charge in [0.1, 0.15) is 0 Å². The predicted molar refractivity (Wildman–Crippen MR) is 103 cm³/mol. The number of nitrogens with one attached hydrogen (secondary N) is 2. The Morgan fingerprint density at radius 2 is 2.08 bits per heavy atom. The Hall–Kier alpha value is -2.34. The second-order valence-corrected chi connectivity index (χ2v) is 6.90. The van der Waals surface area contributed by atoms with Gasteiger partial charge in [-0.2, -0.15) is 0 Å². The Bertz CT molecular complexity index is 922. The average Bonchev–Trinajstić information content (AvgIpc) is 3.01. The van der Waals surface area contributed by atoms with Crippen LogP contribution in [0.15, 0.2) is 48.7 Å². The summed E-state index contributed by atoms with van der Waals surface area (Å²) in [5, 5.41) is 24.3. The third-order valence-electron chi connectivity index (χ3n) is 4.43. The van der Waals surface area contributed by atoms with Gasteiger partial charge in [-0.15, -0.1) is 0 Å². The third-order valence-corrected chi connectivity index (χ3v) is 4.67. The molecule has 0 aliphatic heterocycles. The zero-order chi connectivity index (χ0) is 18.7. The molecule has 0 saturated carbocycles. The maximum atomic E-state index is 11.1. The quantitative estimate of drug-likeness (QED) is 0.508. The highest BCUT2D eigenvalue weighted by Gasteiger charge is 2.13. The molecule has 2 aromatic carbocycles. The SMILES string of the molecule is C[C@H](Cc1c[nH]c2cc(C(=O)O)ccc12)NC[C@H](O)c1cccc(Cl)c1. The molecule has 4 N–H and O–H groups in total. The van der Waals surface area contributed by atoms with Gasteiger partial charge in [0.05, 0.1) is 11.7 Å². The molecular weight excluding hydrogens is 352 g/mol. The second kappa shape index (κ2) is 7.91. The normalized spacial score (nSPS) is 13.7. The Labute approximate surface area is 156 Å². The molecule has 0 saturated heterocycles. The topological polar surface area (TPSA) is 85.4 Å². The van der Waals surface area contributed by atoms with E-state index in [2.05, 4.69) is 17.2 Å². The number of carboxylic acids is 1. The third kappa shape index (κ3) is 4.25. The minimum atomic E-state index is -0.937. The lowest BCUT2D eigenvalue weighted by Gasteiger charge is -2.17. The van der Waals surface area contributed by atoms with E-state index >= 15 is 0 Å². The maximum Gasteiger partial charge on any atom is 0.335 e. The van der Waals surface area contributed by atoms with Crippen LogP contribution in [0.5, 0.6) is 0 Å². The highest BCUT2D eigenvalue weighted by Crippen LogP contribution is 2.22. The van der Waals surface area contributed by atoms with Gasteiger partial charge in [0.15, 0.2) is 0 Å². The molecule has 5 nitrogen and oxygen atoms in total. The van der Waals surface area contributed by atoms with Crippen LogP contribution >= 0.6 is 11.6 Å². The number of rotatable bonds is 7. The van der Waals surface area contributed by atoms with Gasteiger partial charge in [-0.3, -0.25) is 0 Å². The van der Waals surface area contributed by atoms with Gasteiger partial charge < -0.3 is 20.5 Å². The summed E-state index contributed by atoms with van der Waals surface area (Å²) in [5.41, 5.74) is 2.97. The molecule has 0 bridgehead atoms. The number of aliphatic hydroxyl groups is 1. The molecule has 1 heterocycles. The number of halogens is 1. The number of hydrogen-bond donors (Lipinski definition) is 4. The number of aromatic nitrogens is 1. The largest absolute Gasteiger partial charge is 0.478 e. The molecule has 2 atom stereocenters. The van der Waals surface area contributed by atoms with Gasteiger partial charge in [0.2, 0.25) is 0 Å². The average molecular weight is 373 g/mol.